The molecule has 1 unspecified atom stereocenters. The average Bonchev–Trinajstić information content (AvgIpc) is 2.27. The van der Waals surface area contributed by atoms with Gasteiger partial charge in [0.25, 0.3) is 0 Å². The summed E-state index contributed by atoms with van der Waals surface area (Å²) in [5.74, 6) is -4.51. The Balaban J connectivity index is 0. The summed E-state index contributed by atoms with van der Waals surface area (Å²) in [5.41, 5.74) is 9.95. The zero-order valence-corrected chi connectivity index (χ0v) is 10.6. The summed E-state index contributed by atoms with van der Waals surface area (Å²) in [4.78, 5) is 39.7. The van der Waals surface area contributed by atoms with Crippen LogP contribution in [0.2, 0.25) is 0 Å². The van der Waals surface area contributed by atoms with Crippen LogP contribution in [-0.4, -0.2) is 56.4 Å². The Morgan fingerprint density at radius 1 is 0.800 bits per heavy atom. The molecule has 0 bridgehead atoms. The fourth-order valence-corrected chi connectivity index (χ4v) is 0.872. The van der Waals surface area contributed by atoms with Crippen LogP contribution in [0.5, 0.6) is 0 Å². The fraction of sp³-hybridized carbons (Fsp3) is 0.600. The first-order valence-corrected chi connectivity index (χ1v) is 5.48. The van der Waals surface area contributed by atoms with Gasteiger partial charge >= 0.3 is 23.9 Å². The molecule has 0 amide bonds. The number of hydrogen-bond acceptors (Lipinski definition) is 6. The Kier molecular flexibility index (Phi) is 10.8. The predicted molar refractivity (Wildman–Crippen MR) is 65.0 cm³/mol. The highest BCUT2D eigenvalue weighted by molar-refractivity contribution is 5.80. The summed E-state index contributed by atoms with van der Waals surface area (Å²) in [5, 5.41) is 32.5. The molecule has 10 heteroatoms. The Bertz CT molecular complexity index is 357. The molecule has 0 saturated heterocycles. The minimum absolute atomic E-state index is 0.0268. The topological polar surface area (TPSA) is 201 Å². The standard InChI is InChI=1S/C6H11NO4.C4H7NO4/c7-4(6(10)11)2-1-3-5(8)9;5-2(4(8)9)1-3(6)7/h4H,1-3,7H2,(H,8,9)(H,10,11);2H,1,5H2,(H,6,7)(H,8,9)/t;2-/m.0/s1. The van der Waals surface area contributed by atoms with Gasteiger partial charge in [-0.3, -0.25) is 19.2 Å². The Labute approximate surface area is 114 Å². The minimum Gasteiger partial charge on any atom is -0.481 e. The molecule has 0 saturated carbocycles. The summed E-state index contributed by atoms with van der Waals surface area (Å²) in [6.07, 6.45) is -0.0409. The molecule has 0 aliphatic rings. The molecule has 10 nitrogen and oxygen atoms in total. The normalized spacial score (nSPS) is 12.5. The first-order valence-electron chi connectivity index (χ1n) is 5.48. The molecular weight excluding hydrogens is 276 g/mol. The van der Waals surface area contributed by atoms with Crippen molar-refractivity contribution in [1.82, 2.24) is 0 Å². The highest BCUT2D eigenvalue weighted by Crippen LogP contribution is 1.98. The lowest BCUT2D eigenvalue weighted by molar-refractivity contribution is -0.144. The smallest absolute Gasteiger partial charge is 0.321 e. The van der Waals surface area contributed by atoms with Gasteiger partial charge < -0.3 is 31.9 Å². The largest absolute Gasteiger partial charge is 0.481 e. The number of hydrogen-bond donors (Lipinski definition) is 6. The zero-order chi connectivity index (χ0) is 16.3. The van der Waals surface area contributed by atoms with Crippen molar-refractivity contribution in [3.8, 4) is 0 Å². The Morgan fingerprint density at radius 3 is 1.50 bits per heavy atom. The number of carboxylic acid groups (broad SMARTS) is 4. The maximum absolute atomic E-state index is 10.1. The van der Waals surface area contributed by atoms with Crippen molar-refractivity contribution in [2.75, 3.05) is 0 Å². The van der Waals surface area contributed by atoms with Crippen molar-refractivity contribution in [1.29, 1.82) is 0 Å². The van der Waals surface area contributed by atoms with Crippen LogP contribution in [0.15, 0.2) is 0 Å². The van der Waals surface area contributed by atoms with E-state index < -0.39 is 42.4 Å². The van der Waals surface area contributed by atoms with Crippen molar-refractivity contribution in [3.05, 3.63) is 0 Å². The number of carbonyl (C=O) groups is 4. The SMILES string of the molecule is NC(CCCC(=O)O)C(=O)O.N[C@@H](CC(=O)O)C(=O)O. The molecule has 0 radical (unpaired) electrons. The molecule has 0 aliphatic heterocycles. The highest BCUT2D eigenvalue weighted by atomic mass is 16.4. The molecule has 0 spiro atoms. The van der Waals surface area contributed by atoms with Gasteiger partial charge in [0.1, 0.15) is 12.1 Å². The van der Waals surface area contributed by atoms with Gasteiger partial charge in [0.2, 0.25) is 0 Å². The van der Waals surface area contributed by atoms with E-state index in [4.69, 9.17) is 31.9 Å². The maximum atomic E-state index is 10.1. The van der Waals surface area contributed by atoms with Gasteiger partial charge in [-0.2, -0.15) is 0 Å². The lowest BCUT2D eigenvalue weighted by Gasteiger charge is -2.02. The summed E-state index contributed by atoms with van der Waals surface area (Å²) >= 11 is 0. The van der Waals surface area contributed by atoms with Crippen LogP contribution in [0.3, 0.4) is 0 Å². The average molecular weight is 294 g/mol. The van der Waals surface area contributed by atoms with Gasteiger partial charge in [0.05, 0.1) is 6.42 Å². The van der Waals surface area contributed by atoms with Crippen molar-refractivity contribution in [3.63, 3.8) is 0 Å². The van der Waals surface area contributed by atoms with E-state index in [9.17, 15) is 19.2 Å². The molecular formula is C10H18N2O8. The quantitative estimate of drug-likeness (QED) is 0.306. The number of rotatable bonds is 8. The molecule has 0 rings (SSSR count). The van der Waals surface area contributed by atoms with Crippen molar-refractivity contribution >= 4 is 23.9 Å². The molecule has 116 valence electrons. The molecule has 0 aromatic carbocycles. The number of nitrogens with two attached hydrogens (primary N) is 2. The molecule has 0 aliphatic carbocycles. The summed E-state index contributed by atoms with van der Waals surface area (Å²) in [6.45, 7) is 0. The van der Waals surface area contributed by atoms with E-state index in [0.717, 1.165) is 0 Å². The van der Waals surface area contributed by atoms with Gasteiger partial charge in [0.15, 0.2) is 0 Å². The molecule has 20 heavy (non-hydrogen) atoms. The summed E-state index contributed by atoms with van der Waals surface area (Å²) < 4.78 is 0. The van der Waals surface area contributed by atoms with Crippen LogP contribution in [0.1, 0.15) is 25.7 Å². The van der Waals surface area contributed by atoms with Gasteiger partial charge in [-0.15, -0.1) is 0 Å². The van der Waals surface area contributed by atoms with Crippen LogP contribution < -0.4 is 11.5 Å². The van der Waals surface area contributed by atoms with Gasteiger partial charge in [-0.1, -0.05) is 0 Å². The third-order valence-corrected chi connectivity index (χ3v) is 1.93. The van der Waals surface area contributed by atoms with Gasteiger partial charge in [-0.25, -0.2) is 0 Å². The molecule has 0 fully saturated rings. The van der Waals surface area contributed by atoms with Crippen LogP contribution >= 0.6 is 0 Å². The lowest BCUT2D eigenvalue weighted by atomic mass is 10.1. The highest BCUT2D eigenvalue weighted by Gasteiger charge is 2.14. The third-order valence-electron chi connectivity index (χ3n) is 1.93. The van der Waals surface area contributed by atoms with E-state index in [-0.39, 0.29) is 12.8 Å². The Hall–Kier alpha value is -2.20. The first-order chi connectivity index (χ1) is 9.07. The van der Waals surface area contributed by atoms with Gasteiger partial charge in [0, 0.05) is 6.42 Å². The summed E-state index contributed by atoms with van der Waals surface area (Å²) in [6, 6.07) is -2.23. The van der Waals surface area contributed by atoms with E-state index in [1.165, 1.54) is 0 Å². The van der Waals surface area contributed by atoms with E-state index in [0.29, 0.717) is 6.42 Å². The van der Waals surface area contributed by atoms with Crippen molar-refractivity contribution < 1.29 is 39.6 Å². The minimum atomic E-state index is -1.29. The molecule has 0 aromatic rings. The Morgan fingerprint density at radius 2 is 1.25 bits per heavy atom. The molecule has 0 heterocycles. The predicted octanol–water partition coefficient (Wildman–Crippen LogP) is -1.47. The van der Waals surface area contributed by atoms with E-state index in [2.05, 4.69) is 0 Å². The van der Waals surface area contributed by atoms with Crippen molar-refractivity contribution in [2.45, 2.75) is 37.8 Å². The zero-order valence-electron chi connectivity index (χ0n) is 10.6. The monoisotopic (exact) mass is 294 g/mol. The number of carboxylic acids is 4. The van der Waals surface area contributed by atoms with Crippen LogP contribution in [0.25, 0.3) is 0 Å². The second-order valence-corrected chi connectivity index (χ2v) is 3.77. The fourth-order valence-electron chi connectivity index (χ4n) is 0.872. The molecule has 0 aromatic heterocycles. The summed E-state index contributed by atoms with van der Waals surface area (Å²) in [7, 11) is 0. The van der Waals surface area contributed by atoms with E-state index in [1.54, 1.807) is 0 Å². The van der Waals surface area contributed by atoms with Crippen LogP contribution in [0.4, 0.5) is 0 Å². The second kappa shape index (κ2) is 10.7. The van der Waals surface area contributed by atoms with Crippen molar-refractivity contribution in [2.24, 2.45) is 11.5 Å². The first kappa shape index (κ1) is 20.1. The number of aliphatic carboxylic acids is 4. The third kappa shape index (κ3) is 13.9. The van der Waals surface area contributed by atoms with Crippen LogP contribution in [0, 0.1) is 0 Å². The second-order valence-electron chi connectivity index (χ2n) is 3.77. The van der Waals surface area contributed by atoms with E-state index in [1.807, 2.05) is 0 Å². The lowest BCUT2D eigenvalue weighted by Crippen LogP contribution is -2.32. The van der Waals surface area contributed by atoms with Crippen LogP contribution in [-0.2, 0) is 19.2 Å². The molecule has 2 atom stereocenters. The molecule has 8 N–H and O–H groups in total. The van der Waals surface area contributed by atoms with E-state index >= 15 is 0 Å². The maximum Gasteiger partial charge on any atom is 0.321 e. The van der Waals surface area contributed by atoms with Gasteiger partial charge in [-0.05, 0) is 12.8 Å².